The van der Waals surface area contributed by atoms with E-state index in [0.29, 0.717) is 5.82 Å². The predicted octanol–water partition coefficient (Wildman–Crippen LogP) is 13.3. The standard InChI is InChI=1S/C53H31N5/c1-2-13-49-43(10-1)41(26-27-54-49)40-30-55-53(56-31-40)39-9-3-8-38(28-39)48-25-22-36-19-18-35-21-24-47(57-51(35)52(36)58-48)33-16-14-32(15-17-33)37-20-23-42-44-11-4-6-34-7-5-12-45(50(34)44)46(42)29-37/h1-31H. The molecule has 268 valence electrons. The van der Waals surface area contributed by atoms with E-state index in [1.165, 1.54) is 44.2 Å². The van der Waals surface area contributed by atoms with Gasteiger partial charge in [0.05, 0.1) is 27.9 Å². The van der Waals surface area contributed by atoms with Crippen molar-refractivity contribution in [2.24, 2.45) is 0 Å². The van der Waals surface area contributed by atoms with Gasteiger partial charge in [0, 0.05) is 57.0 Å². The van der Waals surface area contributed by atoms with E-state index >= 15 is 0 Å². The van der Waals surface area contributed by atoms with E-state index in [4.69, 9.17) is 19.9 Å². The van der Waals surface area contributed by atoms with Crippen LogP contribution < -0.4 is 0 Å². The van der Waals surface area contributed by atoms with Gasteiger partial charge in [-0.1, -0.05) is 133 Å². The molecule has 1 aliphatic rings. The van der Waals surface area contributed by atoms with Crippen LogP contribution in [0.1, 0.15) is 0 Å². The van der Waals surface area contributed by atoms with Gasteiger partial charge in [-0.3, -0.25) is 4.98 Å². The molecule has 0 spiro atoms. The highest BCUT2D eigenvalue weighted by molar-refractivity contribution is 6.15. The maximum atomic E-state index is 5.23. The van der Waals surface area contributed by atoms with Gasteiger partial charge in [0.2, 0.25) is 0 Å². The lowest BCUT2D eigenvalue weighted by atomic mass is 9.96. The Morgan fingerprint density at radius 2 is 0.966 bits per heavy atom. The number of para-hydroxylation sites is 1. The molecule has 0 saturated heterocycles. The molecule has 4 heterocycles. The Morgan fingerprint density at radius 1 is 0.328 bits per heavy atom. The second-order valence-corrected chi connectivity index (χ2v) is 14.9. The largest absolute Gasteiger partial charge is 0.256 e. The van der Waals surface area contributed by atoms with Crippen LogP contribution in [0, 0.1) is 0 Å². The number of pyridine rings is 3. The summed E-state index contributed by atoms with van der Waals surface area (Å²) in [5, 5.41) is 5.82. The van der Waals surface area contributed by atoms with E-state index in [1.807, 2.05) is 55.0 Å². The third-order valence-electron chi connectivity index (χ3n) is 11.6. The van der Waals surface area contributed by atoms with Crippen molar-refractivity contribution in [1.82, 2.24) is 24.9 Å². The highest BCUT2D eigenvalue weighted by Gasteiger charge is 2.21. The highest BCUT2D eigenvalue weighted by atomic mass is 14.9. The minimum atomic E-state index is 0.659. The SMILES string of the molecule is c1cc(-c2ccc3ccc4ccc(-c5ccc(-c6ccc7c(c6)-c6cccc8cccc-7c68)cc5)nc4c3n2)cc(-c2ncc(-c3ccnc4ccccc34)cn2)c1. The van der Waals surface area contributed by atoms with Crippen LogP contribution in [0.25, 0.3) is 122 Å². The average Bonchev–Trinajstić information content (AvgIpc) is 3.62. The van der Waals surface area contributed by atoms with E-state index < -0.39 is 0 Å². The van der Waals surface area contributed by atoms with Crippen molar-refractivity contribution in [2.45, 2.75) is 0 Å². The minimum absolute atomic E-state index is 0.659. The molecule has 0 radical (unpaired) electrons. The molecule has 11 aromatic rings. The zero-order valence-corrected chi connectivity index (χ0v) is 31.1. The molecule has 0 unspecified atom stereocenters. The number of aromatic nitrogens is 5. The molecule has 0 atom stereocenters. The van der Waals surface area contributed by atoms with Gasteiger partial charge in [-0.15, -0.1) is 0 Å². The molecule has 58 heavy (non-hydrogen) atoms. The molecule has 0 saturated carbocycles. The summed E-state index contributed by atoms with van der Waals surface area (Å²) in [6.45, 7) is 0. The van der Waals surface area contributed by atoms with Gasteiger partial charge in [0.15, 0.2) is 5.82 Å². The molecule has 0 N–H and O–H groups in total. The molecule has 4 aromatic heterocycles. The molecule has 5 nitrogen and oxygen atoms in total. The van der Waals surface area contributed by atoms with E-state index in [0.717, 1.165) is 71.9 Å². The Hall–Kier alpha value is -7.89. The van der Waals surface area contributed by atoms with Gasteiger partial charge in [-0.2, -0.15) is 0 Å². The lowest BCUT2D eigenvalue weighted by molar-refractivity contribution is 1.18. The van der Waals surface area contributed by atoms with Gasteiger partial charge < -0.3 is 0 Å². The maximum Gasteiger partial charge on any atom is 0.159 e. The van der Waals surface area contributed by atoms with Gasteiger partial charge in [-0.25, -0.2) is 19.9 Å². The molecule has 0 bridgehead atoms. The van der Waals surface area contributed by atoms with Crippen molar-refractivity contribution in [3.05, 3.63) is 188 Å². The second kappa shape index (κ2) is 12.8. The molecule has 0 amide bonds. The summed E-state index contributed by atoms with van der Waals surface area (Å²) in [5.74, 6) is 0.659. The van der Waals surface area contributed by atoms with Gasteiger partial charge in [0.25, 0.3) is 0 Å². The zero-order valence-electron chi connectivity index (χ0n) is 31.1. The first-order valence-corrected chi connectivity index (χ1v) is 19.5. The molecule has 0 fully saturated rings. The lowest BCUT2D eigenvalue weighted by Gasteiger charge is -2.10. The van der Waals surface area contributed by atoms with Crippen molar-refractivity contribution >= 4 is 43.5 Å². The topological polar surface area (TPSA) is 64.5 Å². The Balaban J connectivity index is 0.855. The number of fused-ring (bicyclic) bond motifs is 7. The number of hydrogen-bond donors (Lipinski definition) is 0. The lowest BCUT2D eigenvalue weighted by Crippen LogP contribution is -1.93. The van der Waals surface area contributed by atoms with Crippen LogP contribution in [-0.4, -0.2) is 24.9 Å². The Bertz CT molecular complexity index is 3430. The molecule has 0 aliphatic heterocycles. The third kappa shape index (κ3) is 5.21. The quantitative estimate of drug-likeness (QED) is 0.165. The fraction of sp³-hybridized carbons (Fsp3) is 0. The van der Waals surface area contributed by atoms with Crippen LogP contribution in [-0.2, 0) is 0 Å². The third-order valence-corrected chi connectivity index (χ3v) is 11.6. The first kappa shape index (κ1) is 32.4. The first-order chi connectivity index (χ1) is 28.7. The van der Waals surface area contributed by atoms with E-state index in [-0.39, 0.29) is 0 Å². The number of nitrogens with zero attached hydrogens (tertiary/aromatic N) is 5. The van der Waals surface area contributed by atoms with Crippen LogP contribution in [0.5, 0.6) is 0 Å². The number of rotatable bonds is 5. The zero-order chi connectivity index (χ0) is 38.2. The Labute approximate surface area is 334 Å². The summed E-state index contributed by atoms with van der Waals surface area (Å²) in [7, 11) is 0. The number of hydrogen-bond acceptors (Lipinski definition) is 5. The van der Waals surface area contributed by atoms with Crippen molar-refractivity contribution in [1.29, 1.82) is 0 Å². The minimum Gasteiger partial charge on any atom is -0.256 e. The summed E-state index contributed by atoms with van der Waals surface area (Å²) in [5.41, 5.74) is 17.1. The van der Waals surface area contributed by atoms with Gasteiger partial charge in [0.1, 0.15) is 0 Å². The molecule has 5 heteroatoms. The highest BCUT2D eigenvalue weighted by Crippen LogP contribution is 2.48. The van der Waals surface area contributed by atoms with E-state index in [9.17, 15) is 0 Å². The van der Waals surface area contributed by atoms with E-state index in [2.05, 4.69) is 138 Å². The van der Waals surface area contributed by atoms with Crippen LogP contribution in [0.2, 0.25) is 0 Å². The molecule has 1 aliphatic carbocycles. The summed E-state index contributed by atoms with van der Waals surface area (Å²) < 4.78 is 0. The van der Waals surface area contributed by atoms with Crippen molar-refractivity contribution in [3.63, 3.8) is 0 Å². The van der Waals surface area contributed by atoms with Crippen LogP contribution in [0.4, 0.5) is 0 Å². The summed E-state index contributed by atoms with van der Waals surface area (Å²) >= 11 is 0. The predicted molar refractivity (Wildman–Crippen MR) is 237 cm³/mol. The number of benzene rings is 7. The summed E-state index contributed by atoms with van der Waals surface area (Å²) in [6.07, 6.45) is 5.61. The monoisotopic (exact) mass is 737 g/mol. The fourth-order valence-corrected chi connectivity index (χ4v) is 8.68. The Morgan fingerprint density at radius 3 is 1.74 bits per heavy atom. The van der Waals surface area contributed by atoms with Gasteiger partial charge >= 0.3 is 0 Å². The second-order valence-electron chi connectivity index (χ2n) is 14.9. The summed E-state index contributed by atoms with van der Waals surface area (Å²) in [4.78, 5) is 24.5. The van der Waals surface area contributed by atoms with E-state index in [1.54, 1.807) is 0 Å². The van der Waals surface area contributed by atoms with Crippen LogP contribution >= 0.6 is 0 Å². The molecule has 12 rings (SSSR count). The normalized spacial score (nSPS) is 11.8. The Kier molecular flexibility index (Phi) is 7.16. The molecular formula is C53H31N5. The smallest absolute Gasteiger partial charge is 0.159 e. The molecular weight excluding hydrogens is 707 g/mol. The van der Waals surface area contributed by atoms with Gasteiger partial charge in [-0.05, 0) is 86.1 Å². The average molecular weight is 738 g/mol. The first-order valence-electron chi connectivity index (χ1n) is 19.5. The van der Waals surface area contributed by atoms with Crippen LogP contribution in [0.15, 0.2) is 188 Å². The van der Waals surface area contributed by atoms with Crippen molar-refractivity contribution in [2.75, 3.05) is 0 Å². The van der Waals surface area contributed by atoms with Crippen molar-refractivity contribution < 1.29 is 0 Å². The van der Waals surface area contributed by atoms with Crippen LogP contribution in [0.3, 0.4) is 0 Å². The summed E-state index contributed by atoms with van der Waals surface area (Å²) in [6, 6.07) is 59.9. The molecule has 7 aromatic carbocycles. The fourth-order valence-electron chi connectivity index (χ4n) is 8.68. The van der Waals surface area contributed by atoms with Crippen molar-refractivity contribution in [3.8, 4) is 78.4 Å². The maximum absolute atomic E-state index is 5.23.